The van der Waals surface area contributed by atoms with E-state index in [9.17, 15) is 4.79 Å². The van der Waals surface area contributed by atoms with Gasteiger partial charge in [0, 0.05) is 21.4 Å². The number of carbonyl (C=O) groups is 1. The van der Waals surface area contributed by atoms with Crippen LogP contribution in [-0.4, -0.2) is 23.9 Å². The third-order valence-electron chi connectivity index (χ3n) is 6.69. The summed E-state index contributed by atoms with van der Waals surface area (Å²) in [6.07, 6.45) is 0. The number of halogens is 1. The van der Waals surface area contributed by atoms with Gasteiger partial charge in [0.15, 0.2) is 10.8 Å². The van der Waals surface area contributed by atoms with Crippen LogP contribution in [0.1, 0.15) is 29.7 Å². The molecule has 6 nitrogen and oxygen atoms in total. The monoisotopic (exact) mass is 551 g/mol. The van der Waals surface area contributed by atoms with E-state index in [2.05, 4.69) is 32.6 Å². The normalized spacial score (nSPS) is 22.5. The Morgan fingerprint density at radius 2 is 1.97 bits per heavy atom. The molecule has 2 N–H and O–H groups in total. The van der Waals surface area contributed by atoms with Crippen molar-refractivity contribution in [3.05, 3.63) is 81.8 Å². The van der Waals surface area contributed by atoms with Crippen molar-refractivity contribution in [2.75, 3.05) is 17.3 Å². The number of ether oxygens (including phenoxy) is 2. The quantitative estimate of drug-likeness (QED) is 0.395. The molecular formula is C27H26BrN3O3S. The topological polar surface area (TPSA) is 62.8 Å². The summed E-state index contributed by atoms with van der Waals surface area (Å²) in [7, 11) is 1.62. The maximum absolute atomic E-state index is 14.0. The van der Waals surface area contributed by atoms with Gasteiger partial charge in [0.05, 0.1) is 13.2 Å². The van der Waals surface area contributed by atoms with Crippen molar-refractivity contribution >= 4 is 50.5 Å². The van der Waals surface area contributed by atoms with Crippen LogP contribution in [0, 0.1) is 19.8 Å². The van der Waals surface area contributed by atoms with Gasteiger partial charge in [0.2, 0.25) is 5.91 Å². The number of amides is 1. The number of aryl methyl sites for hydroxylation is 2. The van der Waals surface area contributed by atoms with E-state index in [1.807, 2.05) is 80.3 Å². The van der Waals surface area contributed by atoms with E-state index >= 15 is 0 Å². The number of methoxy groups -OCH3 is 1. The number of fused-ring (bicyclic) bond motifs is 4. The highest BCUT2D eigenvalue weighted by Crippen LogP contribution is 2.50. The standard InChI is InChI=1S/C27H26BrN3O3S/c1-15-8-10-21(16(2)12-15)29-25(32)23-24-20-14-19(33-4)9-11-22(20)34-27(23,3)31(26(35)30-24)18-7-5-6-17(28)13-18/h5-14,23-24H,1-4H3,(H,29,32)(H,30,35). The van der Waals surface area contributed by atoms with Gasteiger partial charge in [0.1, 0.15) is 17.4 Å². The molecule has 0 radical (unpaired) electrons. The van der Waals surface area contributed by atoms with Crippen molar-refractivity contribution in [2.45, 2.75) is 32.5 Å². The molecular weight excluding hydrogens is 526 g/mol. The molecule has 0 saturated carbocycles. The number of rotatable bonds is 4. The maximum atomic E-state index is 14.0. The predicted octanol–water partition coefficient (Wildman–Crippen LogP) is 5.87. The molecule has 0 aliphatic carbocycles. The lowest BCUT2D eigenvalue weighted by Crippen LogP contribution is -2.72. The summed E-state index contributed by atoms with van der Waals surface area (Å²) in [5, 5.41) is 7.07. The first-order valence-corrected chi connectivity index (χ1v) is 12.5. The van der Waals surface area contributed by atoms with Gasteiger partial charge in [-0.05, 0) is 81.0 Å². The van der Waals surface area contributed by atoms with Gasteiger partial charge in [-0.3, -0.25) is 9.69 Å². The smallest absolute Gasteiger partial charge is 0.236 e. The summed E-state index contributed by atoms with van der Waals surface area (Å²) in [5.74, 6) is 0.580. The average Bonchev–Trinajstić information content (AvgIpc) is 2.80. The number of nitrogens with zero attached hydrogens (tertiary/aromatic N) is 1. The average molecular weight is 552 g/mol. The van der Waals surface area contributed by atoms with Crippen LogP contribution < -0.4 is 25.0 Å². The van der Waals surface area contributed by atoms with Crippen LogP contribution in [0.2, 0.25) is 0 Å². The molecule has 8 heteroatoms. The molecule has 3 aromatic carbocycles. The summed E-state index contributed by atoms with van der Waals surface area (Å²) >= 11 is 9.38. The SMILES string of the molecule is COc1ccc2c(c1)C1NC(=S)N(c3cccc(Br)c3)C(C)(O2)C1C(=O)Nc1ccc(C)cc1C. The fourth-order valence-electron chi connectivity index (χ4n) is 5.06. The molecule has 0 aromatic heterocycles. The van der Waals surface area contributed by atoms with Crippen molar-refractivity contribution in [1.82, 2.24) is 5.32 Å². The van der Waals surface area contributed by atoms with E-state index in [0.29, 0.717) is 16.6 Å². The molecule has 3 aromatic rings. The summed E-state index contributed by atoms with van der Waals surface area (Å²) in [6.45, 7) is 5.95. The highest BCUT2D eigenvalue weighted by molar-refractivity contribution is 9.10. The van der Waals surface area contributed by atoms with E-state index in [1.54, 1.807) is 7.11 Å². The Kier molecular flexibility index (Phi) is 5.97. The first-order valence-electron chi connectivity index (χ1n) is 11.3. The molecule has 1 saturated heterocycles. The van der Waals surface area contributed by atoms with Crippen LogP contribution in [-0.2, 0) is 4.79 Å². The van der Waals surface area contributed by atoms with Gasteiger partial charge < -0.3 is 20.1 Å². The number of hydrogen-bond donors (Lipinski definition) is 2. The molecule has 0 spiro atoms. The molecule has 3 unspecified atom stereocenters. The highest BCUT2D eigenvalue weighted by atomic mass is 79.9. The molecule has 5 rings (SSSR count). The number of hydrogen-bond acceptors (Lipinski definition) is 4. The Morgan fingerprint density at radius 3 is 2.69 bits per heavy atom. The van der Waals surface area contributed by atoms with Crippen LogP contribution in [0.15, 0.2) is 65.1 Å². The van der Waals surface area contributed by atoms with Crippen LogP contribution in [0.4, 0.5) is 11.4 Å². The Balaban J connectivity index is 1.64. The van der Waals surface area contributed by atoms with Crippen molar-refractivity contribution in [3.63, 3.8) is 0 Å². The zero-order chi connectivity index (χ0) is 24.9. The number of carbonyl (C=O) groups excluding carboxylic acids is 1. The van der Waals surface area contributed by atoms with Crippen molar-refractivity contribution in [3.8, 4) is 11.5 Å². The van der Waals surface area contributed by atoms with Crippen molar-refractivity contribution < 1.29 is 14.3 Å². The molecule has 1 amide bonds. The molecule has 2 aliphatic rings. The molecule has 180 valence electrons. The van der Waals surface area contributed by atoms with Gasteiger partial charge in [-0.2, -0.15) is 0 Å². The lowest BCUT2D eigenvalue weighted by atomic mass is 9.78. The Labute approximate surface area is 218 Å². The summed E-state index contributed by atoms with van der Waals surface area (Å²) < 4.78 is 13.0. The van der Waals surface area contributed by atoms with Crippen LogP contribution >= 0.6 is 28.1 Å². The second-order valence-electron chi connectivity index (χ2n) is 9.09. The molecule has 2 bridgehead atoms. The number of benzene rings is 3. The van der Waals surface area contributed by atoms with E-state index in [-0.39, 0.29) is 5.91 Å². The van der Waals surface area contributed by atoms with Gasteiger partial charge in [-0.25, -0.2) is 0 Å². The van der Waals surface area contributed by atoms with Gasteiger partial charge in [-0.1, -0.05) is 39.7 Å². The predicted molar refractivity (Wildman–Crippen MR) is 145 cm³/mol. The first-order chi connectivity index (χ1) is 16.7. The second-order valence-corrected chi connectivity index (χ2v) is 10.4. The second kappa shape index (κ2) is 8.84. The van der Waals surface area contributed by atoms with Gasteiger partial charge >= 0.3 is 0 Å². The molecule has 2 aliphatic heterocycles. The van der Waals surface area contributed by atoms with Gasteiger partial charge in [-0.15, -0.1) is 0 Å². The summed E-state index contributed by atoms with van der Waals surface area (Å²) in [6, 6.07) is 19.0. The van der Waals surface area contributed by atoms with E-state index in [1.165, 1.54) is 0 Å². The maximum Gasteiger partial charge on any atom is 0.236 e. The van der Waals surface area contributed by atoms with E-state index in [0.717, 1.165) is 32.5 Å². The zero-order valence-electron chi connectivity index (χ0n) is 19.9. The molecule has 2 heterocycles. The van der Waals surface area contributed by atoms with Gasteiger partial charge in [0.25, 0.3) is 0 Å². The Morgan fingerprint density at radius 1 is 1.17 bits per heavy atom. The fraction of sp³-hybridized carbons (Fsp3) is 0.259. The Hall–Kier alpha value is -3.10. The van der Waals surface area contributed by atoms with Crippen molar-refractivity contribution in [2.24, 2.45) is 5.92 Å². The first kappa shape index (κ1) is 23.6. The number of nitrogens with one attached hydrogen (secondary N) is 2. The fourth-order valence-corrected chi connectivity index (χ4v) is 5.86. The van der Waals surface area contributed by atoms with Crippen LogP contribution in [0.25, 0.3) is 0 Å². The minimum absolute atomic E-state index is 0.159. The Bertz CT molecular complexity index is 1350. The van der Waals surface area contributed by atoms with Crippen LogP contribution in [0.5, 0.6) is 11.5 Å². The largest absolute Gasteiger partial charge is 0.497 e. The van der Waals surface area contributed by atoms with Crippen LogP contribution in [0.3, 0.4) is 0 Å². The van der Waals surface area contributed by atoms with E-state index in [4.69, 9.17) is 21.7 Å². The van der Waals surface area contributed by atoms with Crippen molar-refractivity contribution in [1.29, 1.82) is 0 Å². The lowest BCUT2D eigenvalue weighted by molar-refractivity contribution is -0.130. The number of anilines is 2. The summed E-state index contributed by atoms with van der Waals surface area (Å²) in [4.78, 5) is 15.9. The zero-order valence-corrected chi connectivity index (χ0v) is 22.3. The minimum Gasteiger partial charge on any atom is -0.497 e. The molecule has 3 atom stereocenters. The summed E-state index contributed by atoms with van der Waals surface area (Å²) in [5.41, 5.74) is 3.48. The third kappa shape index (κ3) is 4.04. The molecule has 1 fully saturated rings. The minimum atomic E-state index is -1.09. The van der Waals surface area contributed by atoms with E-state index < -0.39 is 17.7 Å². The number of thiocarbonyl (C=S) groups is 1. The lowest BCUT2D eigenvalue weighted by Gasteiger charge is -2.56. The highest BCUT2D eigenvalue weighted by Gasteiger charge is 2.59. The molecule has 35 heavy (non-hydrogen) atoms. The third-order valence-corrected chi connectivity index (χ3v) is 7.49.